The minimum absolute atomic E-state index is 0.0289. The van der Waals surface area contributed by atoms with Crippen molar-refractivity contribution in [2.24, 2.45) is 0 Å². The molecule has 140 valence electrons. The number of ether oxygens (including phenoxy) is 2. The van der Waals surface area contributed by atoms with Crippen LogP contribution in [0.2, 0.25) is 0 Å². The molecule has 0 saturated carbocycles. The van der Waals surface area contributed by atoms with Crippen LogP contribution in [0.3, 0.4) is 0 Å². The van der Waals surface area contributed by atoms with Gasteiger partial charge in [0.1, 0.15) is 18.8 Å². The van der Waals surface area contributed by atoms with Gasteiger partial charge in [0.25, 0.3) is 0 Å². The largest absolute Gasteiger partial charge is 0.394 e. The van der Waals surface area contributed by atoms with Crippen LogP contribution in [-0.2, 0) is 20.7 Å². The lowest BCUT2D eigenvalue weighted by Crippen LogP contribution is -2.50. The van der Waals surface area contributed by atoms with E-state index in [0.29, 0.717) is 6.54 Å². The van der Waals surface area contributed by atoms with Gasteiger partial charge < -0.3 is 25.0 Å². The molecule has 1 aliphatic rings. The first-order valence-electron chi connectivity index (χ1n) is 8.37. The van der Waals surface area contributed by atoms with Gasteiger partial charge in [0.2, 0.25) is 5.91 Å². The maximum Gasteiger partial charge on any atom is 0.246 e. The SMILES string of the molecule is COCC(=O)NCC1OC(CO)C(O)C1N(C)CCc1ccccn1. The van der Waals surface area contributed by atoms with Gasteiger partial charge in [-0.25, -0.2) is 0 Å². The normalized spacial score (nSPS) is 26.1. The highest BCUT2D eigenvalue weighted by Crippen LogP contribution is 2.25. The van der Waals surface area contributed by atoms with Gasteiger partial charge in [-0.3, -0.25) is 14.7 Å². The van der Waals surface area contributed by atoms with Crippen molar-refractivity contribution in [1.29, 1.82) is 0 Å². The van der Waals surface area contributed by atoms with E-state index < -0.39 is 18.3 Å². The summed E-state index contributed by atoms with van der Waals surface area (Å²) in [5, 5.41) is 22.6. The van der Waals surface area contributed by atoms with Crippen LogP contribution in [0, 0.1) is 0 Å². The molecule has 2 heterocycles. The van der Waals surface area contributed by atoms with Crippen LogP contribution in [0.5, 0.6) is 0 Å². The predicted octanol–water partition coefficient (Wildman–Crippen LogP) is -1.19. The molecule has 8 nitrogen and oxygen atoms in total. The molecule has 1 aromatic heterocycles. The minimum Gasteiger partial charge on any atom is -0.394 e. The number of aliphatic hydroxyl groups is 2. The number of pyridine rings is 1. The van der Waals surface area contributed by atoms with Crippen molar-refractivity contribution in [3.63, 3.8) is 0 Å². The number of carbonyl (C=O) groups is 1. The lowest BCUT2D eigenvalue weighted by molar-refractivity contribution is -0.125. The molecule has 4 unspecified atom stereocenters. The van der Waals surface area contributed by atoms with Gasteiger partial charge in [0, 0.05) is 38.5 Å². The molecule has 0 bridgehead atoms. The van der Waals surface area contributed by atoms with Crippen LogP contribution in [0.4, 0.5) is 0 Å². The number of methoxy groups -OCH3 is 1. The zero-order chi connectivity index (χ0) is 18.2. The number of nitrogens with zero attached hydrogens (tertiary/aromatic N) is 2. The zero-order valence-corrected chi connectivity index (χ0v) is 14.7. The number of rotatable bonds is 9. The third kappa shape index (κ3) is 5.45. The average Bonchev–Trinajstić information content (AvgIpc) is 2.95. The third-order valence-electron chi connectivity index (χ3n) is 4.37. The molecule has 2 rings (SSSR count). The van der Waals surface area contributed by atoms with Crippen LogP contribution < -0.4 is 5.32 Å². The number of amides is 1. The Morgan fingerprint density at radius 1 is 1.44 bits per heavy atom. The Labute approximate surface area is 147 Å². The summed E-state index contributed by atoms with van der Waals surface area (Å²) in [6.45, 7) is 0.615. The molecule has 4 atom stereocenters. The standard InChI is InChI=1S/C17H27N3O5/c1-20(8-6-12-5-3-4-7-18-12)16-13(9-19-15(22)11-24-2)25-14(10-21)17(16)23/h3-5,7,13-14,16-17,21,23H,6,8-11H2,1-2H3,(H,19,22). The molecule has 0 radical (unpaired) electrons. The van der Waals surface area contributed by atoms with Crippen molar-refractivity contribution in [2.45, 2.75) is 30.8 Å². The maximum absolute atomic E-state index is 11.6. The number of nitrogens with one attached hydrogen (secondary N) is 1. The summed E-state index contributed by atoms with van der Waals surface area (Å²) < 4.78 is 10.5. The lowest BCUT2D eigenvalue weighted by atomic mass is 10.0. The molecular weight excluding hydrogens is 326 g/mol. The highest BCUT2D eigenvalue weighted by atomic mass is 16.5. The van der Waals surface area contributed by atoms with Gasteiger partial charge in [-0.1, -0.05) is 6.07 Å². The van der Waals surface area contributed by atoms with Gasteiger partial charge in [0.15, 0.2) is 0 Å². The Balaban J connectivity index is 1.95. The van der Waals surface area contributed by atoms with Gasteiger partial charge in [-0.2, -0.15) is 0 Å². The van der Waals surface area contributed by atoms with E-state index in [9.17, 15) is 15.0 Å². The van der Waals surface area contributed by atoms with Crippen LogP contribution in [0.1, 0.15) is 5.69 Å². The lowest BCUT2D eigenvalue weighted by Gasteiger charge is -2.30. The molecule has 1 saturated heterocycles. The van der Waals surface area contributed by atoms with Crippen molar-refractivity contribution in [1.82, 2.24) is 15.2 Å². The Morgan fingerprint density at radius 2 is 2.24 bits per heavy atom. The minimum atomic E-state index is -0.831. The second kappa shape index (κ2) is 9.79. The van der Waals surface area contributed by atoms with Crippen molar-refractivity contribution in [2.75, 3.05) is 40.5 Å². The van der Waals surface area contributed by atoms with Gasteiger partial charge in [-0.15, -0.1) is 0 Å². The molecule has 3 N–H and O–H groups in total. The number of hydrogen-bond donors (Lipinski definition) is 3. The fraction of sp³-hybridized carbons (Fsp3) is 0.647. The first-order valence-corrected chi connectivity index (χ1v) is 8.37. The first-order chi connectivity index (χ1) is 12.1. The van der Waals surface area contributed by atoms with E-state index in [2.05, 4.69) is 10.3 Å². The van der Waals surface area contributed by atoms with E-state index >= 15 is 0 Å². The van der Waals surface area contributed by atoms with Crippen LogP contribution >= 0.6 is 0 Å². The molecule has 0 aromatic carbocycles. The number of hydrogen-bond acceptors (Lipinski definition) is 7. The quantitative estimate of drug-likeness (QED) is 0.513. The van der Waals surface area contributed by atoms with Crippen molar-refractivity contribution >= 4 is 5.91 Å². The second-order valence-electron chi connectivity index (χ2n) is 6.17. The van der Waals surface area contributed by atoms with Crippen LogP contribution in [0.25, 0.3) is 0 Å². The smallest absolute Gasteiger partial charge is 0.246 e. The van der Waals surface area contributed by atoms with Crippen molar-refractivity contribution < 1.29 is 24.5 Å². The molecular formula is C17H27N3O5. The highest BCUT2D eigenvalue weighted by molar-refractivity contribution is 5.77. The number of aromatic nitrogens is 1. The number of aliphatic hydroxyl groups excluding tert-OH is 2. The Kier molecular flexibility index (Phi) is 7.73. The van der Waals surface area contributed by atoms with E-state index in [-0.39, 0.29) is 31.7 Å². The fourth-order valence-electron chi connectivity index (χ4n) is 3.07. The summed E-state index contributed by atoms with van der Waals surface area (Å²) in [6.07, 6.45) is 0.572. The van der Waals surface area contributed by atoms with Gasteiger partial charge in [0.05, 0.1) is 18.8 Å². The van der Waals surface area contributed by atoms with Crippen LogP contribution in [0.15, 0.2) is 24.4 Å². The molecule has 1 fully saturated rings. The summed E-state index contributed by atoms with van der Waals surface area (Å²) in [6, 6.07) is 5.43. The Morgan fingerprint density at radius 3 is 2.88 bits per heavy atom. The van der Waals surface area contributed by atoms with E-state index in [0.717, 1.165) is 12.1 Å². The van der Waals surface area contributed by atoms with E-state index in [4.69, 9.17) is 9.47 Å². The number of likely N-dealkylation sites (N-methyl/N-ethyl adjacent to an activating group) is 1. The number of carbonyl (C=O) groups excluding carboxylic acids is 1. The molecule has 1 amide bonds. The monoisotopic (exact) mass is 353 g/mol. The predicted molar refractivity (Wildman–Crippen MR) is 91.0 cm³/mol. The molecule has 8 heteroatoms. The molecule has 0 spiro atoms. The summed E-state index contributed by atoms with van der Waals surface area (Å²) in [4.78, 5) is 17.9. The molecule has 0 aliphatic carbocycles. The van der Waals surface area contributed by atoms with Gasteiger partial charge in [-0.05, 0) is 19.2 Å². The summed E-state index contributed by atoms with van der Waals surface area (Å²) in [5.41, 5.74) is 0.964. The van der Waals surface area contributed by atoms with E-state index in [1.165, 1.54) is 7.11 Å². The van der Waals surface area contributed by atoms with Crippen LogP contribution in [-0.4, -0.2) is 90.8 Å². The summed E-state index contributed by atoms with van der Waals surface area (Å²) in [7, 11) is 3.34. The Bertz CT molecular complexity index is 530. The molecule has 1 aliphatic heterocycles. The zero-order valence-electron chi connectivity index (χ0n) is 14.7. The van der Waals surface area contributed by atoms with E-state index in [1.54, 1.807) is 6.20 Å². The van der Waals surface area contributed by atoms with Crippen molar-refractivity contribution in [3.05, 3.63) is 30.1 Å². The van der Waals surface area contributed by atoms with Gasteiger partial charge >= 0.3 is 0 Å². The average molecular weight is 353 g/mol. The fourth-order valence-corrected chi connectivity index (χ4v) is 3.07. The topological polar surface area (TPSA) is 104 Å². The van der Waals surface area contributed by atoms with Crippen molar-refractivity contribution in [3.8, 4) is 0 Å². The molecule has 25 heavy (non-hydrogen) atoms. The summed E-state index contributed by atoms with van der Waals surface area (Å²) >= 11 is 0. The highest BCUT2D eigenvalue weighted by Gasteiger charge is 2.45. The maximum atomic E-state index is 11.6. The second-order valence-corrected chi connectivity index (χ2v) is 6.17. The van der Waals surface area contributed by atoms with E-state index in [1.807, 2.05) is 30.1 Å². The first kappa shape index (κ1) is 19.7. The third-order valence-corrected chi connectivity index (χ3v) is 4.37. The summed E-state index contributed by atoms with van der Waals surface area (Å²) in [5.74, 6) is -0.247. The Hall–Kier alpha value is -1.58. The molecule has 1 aromatic rings.